The van der Waals surface area contributed by atoms with Gasteiger partial charge in [0.15, 0.2) is 0 Å². The maximum atomic E-state index is 5.76. The van der Waals surface area contributed by atoms with E-state index in [2.05, 4.69) is 30.6 Å². The molecule has 0 bridgehead atoms. The monoisotopic (exact) mass is 253 g/mol. The van der Waals surface area contributed by atoms with E-state index in [1.807, 2.05) is 0 Å². The van der Waals surface area contributed by atoms with E-state index >= 15 is 0 Å². The van der Waals surface area contributed by atoms with Crippen molar-refractivity contribution in [2.24, 2.45) is 17.6 Å². The van der Waals surface area contributed by atoms with Gasteiger partial charge < -0.3 is 5.73 Å². The molecule has 0 amide bonds. The minimum atomic E-state index is 0.553. The van der Waals surface area contributed by atoms with Crippen LogP contribution in [0.5, 0.6) is 0 Å². The molecule has 2 rings (SSSR count). The first kappa shape index (κ1) is 14.3. The van der Waals surface area contributed by atoms with E-state index in [1.165, 1.54) is 45.4 Å². The molecule has 1 aliphatic heterocycles. The van der Waals surface area contributed by atoms with E-state index in [0.29, 0.717) is 6.04 Å². The SMILES string of the molecule is CC1CCC(N2CCN(C(C)CN)CC2)CC1C. The van der Waals surface area contributed by atoms with Crippen LogP contribution in [0.4, 0.5) is 0 Å². The molecule has 106 valence electrons. The molecule has 0 aromatic rings. The number of nitrogens with zero attached hydrogens (tertiary/aromatic N) is 2. The average Bonchev–Trinajstić information content (AvgIpc) is 2.41. The van der Waals surface area contributed by atoms with Crippen LogP contribution in [-0.4, -0.2) is 54.6 Å². The van der Waals surface area contributed by atoms with Crippen molar-refractivity contribution >= 4 is 0 Å². The summed E-state index contributed by atoms with van der Waals surface area (Å²) in [6.45, 7) is 12.8. The highest BCUT2D eigenvalue weighted by Gasteiger charge is 2.30. The minimum Gasteiger partial charge on any atom is -0.329 e. The Kier molecular flexibility index (Phi) is 5.05. The van der Waals surface area contributed by atoms with E-state index in [9.17, 15) is 0 Å². The molecule has 4 atom stereocenters. The molecule has 0 spiro atoms. The quantitative estimate of drug-likeness (QED) is 0.832. The van der Waals surface area contributed by atoms with Crippen LogP contribution < -0.4 is 5.73 Å². The van der Waals surface area contributed by atoms with Crippen molar-refractivity contribution in [3.8, 4) is 0 Å². The summed E-state index contributed by atoms with van der Waals surface area (Å²) in [5.74, 6) is 1.84. The molecule has 3 heteroatoms. The van der Waals surface area contributed by atoms with Gasteiger partial charge in [-0.1, -0.05) is 13.8 Å². The standard InChI is InChI=1S/C15H31N3/c1-12-4-5-15(10-13(12)2)18-8-6-17(7-9-18)14(3)11-16/h12-15H,4-11,16H2,1-3H3. The summed E-state index contributed by atoms with van der Waals surface area (Å²) < 4.78 is 0. The Morgan fingerprint density at radius 3 is 2.28 bits per heavy atom. The van der Waals surface area contributed by atoms with E-state index in [4.69, 9.17) is 5.73 Å². The summed E-state index contributed by atoms with van der Waals surface area (Å²) in [6, 6.07) is 1.41. The van der Waals surface area contributed by atoms with Gasteiger partial charge in [-0.05, 0) is 38.0 Å². The van der Waals surface area contributed by atoms with Gasteiger partial charge in [0, 0.05) is 44.8 Å². The van der Waals surface area contributed by atoms with E-state index in [-0.39, 0.29) is 0 Å². The molecule has 2 fully saturated rings. The molecule has 2 aliphatic rings. The summed E-state index contributed by atoms with van der Waals surface area (Å²) in [7, 11) is 0. The molecule has 0 aromatic carbocycles. The normalized spacial score (nSPS) is 37.7. The Balaban J connectivity index is 1.79. The van der Waals surface area contributed by atoms with Gasteiger partial charge in [-0.2, -0.15) is 0 Å². The highest BCUT2D eigenvalue weighted by molar-refractivity contribution is 4.86. The first-order valence-corrected chi connectivity index (χ1v) is 7.80. The van der Waals surface area contributed by atoms with Gasteiger partial charge in [0.25, 0.3) is 0 Å². The third-order valence-electron chi connectivity index (χ3n) is 5.40. The van der Waals surface area contributed by atoms with Crippen LogP contribution in [0.2, 0.25) is 0 Å². The van der Waals surface area contributed by atoms with E-state index in [1.54, 1.807) is 0 Å². The van der Waals surface area contributed by atoms with Crippen LogP contribution in [0.3, 0.4) is 0 Å². The molecule has 1 heterocycles. The lowest BCUT2D eigenvalue weighted by Crippen LogP contribution is -2.54. The highest BCUT2D eigenvalue weighted by Crippen LogP contribution is 2.32. The minimum absolute atomic E-state index is 0.553. The number of nitrogens with two attached hydrogens (primary N) is 1. The van der Waals surface area contributed by atoms with Crippen LogP contribution in [0.25, 0.3) is 0 Å². The fourth-order valence-corrected chi connectivity index (χ4v) is 3.54. The average molecular weight is 253 g/mol. The number of piperazine rings is 1. The van der Waals surface area contributed by atoms with Gasteiger partial charge in [-0.25, -0.2) is 0 Å². The largest absolute Gasteiger partial charge is 0.329 e. The molecule has 3 nitrogen and oxygen atoms in total. The van der Waals surface area contributed by atoms with Gasteiger partial charge >= 0.3 is 0 Å². The summed E-state index contributed by atoms with van der Waals surface area (Å²) in [5.41, 5.74) is 5.76. The first-order valence-electron chi connectivity index (χ1n) is 7.80. The lowest BCUT2D eigenvalue weighted by molar-refractivity contribution is 0.0447. The molecule has 0 radical (unpaired) electrons. The van der Waals surface area contributed by atoms with Crippen molar-refractivity contribution in [1.29, 1.82) is 0 Å². The lowest BCUT2D eigenvalue weighted by Gasteiger charge is -2.44. The summed E-state index contributed by atoms with van der Waals surface area (Å²) in [5, 5.41) is 0. The highest BCUT2D eigenvalue weighted by atomic mass is 15.3. The Bertz CT molecular complexity index is 248. The zero-order chi connectivity index (χ0) is 13.1. The molecule has 2 N–H and O–H groups in total. The lowest BCUT2D eigenvalue weighted by atomic mass is 9.78. The van der Waals surface area contributed by atoms with Crippen LogP contribution in [0, 0.1) is 11.8 Å². The predicted molar refractivity (Wildman–Crippen MR) is 77.6 cm³/mol. The third kappa shape index (κ3) is 3.25. The number of rotatable bonds is 3. The molecule has 0 aromatic heterocycles. The molecule has 4 unspecified atom stereocenters. The molecule has 1 aliphatic carbocycles. The molecule has 1 saturated heterocycles. The van der Waals surface area contributed by atoms with Gasteiger partial charge in [0.1, 0.15) is 0 Å². The topological polar surface area (TPSA) is 32.5 Å². The third-order valence-corrected chi connectivity index (χ3v) is 5.40. The second kappa shape index (κ2) is 6.36. The van der Waals surface area contributed by atoms with Gasteiger partial charge in [0.05, 0.1) is 0 Å². The fraction of sp³-hybridized carbons (Fsp3) is 1.00. The molecule has 18 heavy (non-hydrogen) atoms. The van der Waals surface area contributed by atoms with Crippen molar-refractivity contribution in [3.05, 3.63) is 0 Å². The van der Waals surface area contributed by atoms with Crippen LogP contribution in [0.1, 0.15) is 40.0 Å². The zero-order valence-corrected chi connectivity index (χ0v) is 12.4. The Labute approximate surface area is 113 Å². The maximum absolute atomic E-state index is 5.76. The van der Waals surface area contributed by atoms with E-state index in [0.717, 1.165) is 24.4 Å². The molecular weight excluding hydrogens is 222 g/mol. The Morgan fingerprint density at radius 1 is 1.06 bits per heavy atom. The second-order valence-corrected chi connectivity index (χ2v) is 6.58. The predicted octanol–water partition coefficient (Wildman–Crippen LogP) is 1.78. The maximum Gasteiger partial charge on any atom is 0.0191 e. The van der Waals surface area contributed by atoms with Crippen LogP contribution >= 0.6 is 0 Å². The summed E-state index contributed by atoms with van der Waals surface area (Å²) >= 11 is 0. The Hall–Kier alpha value is -0.120. The smallest absolute Gasteiger partial charge is 0.0191 e. The zero-order valence-electron chi connectivity index (χ0n) is 12.4. The number of hydrogen-bond donors (Lipinski definition) is 1. The second-order valence-electron chi connectivity index (χ2n) is 6.58. The van der Waals surface area contributed by atoms with Gasteiger partial charge in [0.2, 0.25) is 0 Å². The number of hydrogen-bond acceptors (Lipinski definition) is 3. The van der Waals surface area contributed by atoms with Crippen molar-refractivity contribution in [2.75, 3.05) is 32.7 Å². The van der Waals surface area contributed by atoms with Crippen molar-refractivity contribution in [3.63, 3.8) is 0 Å². The van der Waals surface area contributed by atoms with Crippen molar-refractivity contribution in [1.82, 2.24) is 9.80 Å². The van der Waals surface area contributed by atoms with Crippen LogP contribution in [-0.2, 0) is 0 Å². The van der Waals surface area contributed by atoms with Crippen molar-refractivity contribution < 1.29 is 0 Å². The van der Waals surface area contributed by atoms with Crippen LogP contribution in [0.15, 0.2) is 0 Å². The molecular formula is C15H31N3. The molecule has 1 saturated carbocycles. The van der Waals surface area contributed by atoms with Gasteiger partial charge in [-0.3, -0.25) is 9.80 Å². The summed E-state index contributed by atoms with van der Waals surface area (Å²) in [4.78, 5) is 5.29. The van der Waals surface area contributed by atoms with Gasteiger partial charge in [-0.15, -0.1) is 0 Å². The summed E-state index contributed by atoms with van der Waals surface area (Å²) in [6.07, 6.45) is 4.25. The van der Waals surface area contributed by atoms with Crippen molar-refractivity contribution in [2.45, 2.75) is 52.1 Å². The van der Waals surface area contributed by atoms with E-state index < -0.39 is 0 Å². The fourth-order valence-electron chi connectivity index (χ4n) is 3.54. The Morgan fingerprint density at radius 2 is 1.72 bits per heavy atom. The first-order chi connectivity index (χ1) is 8.61.